The molecule has 0 amide bonds. The van der Waals surface area contributed by atoms with E-state index < -0.39 is 0 Å². The van der Waals surface area contributed by atoms with Crippen molar-refractivity contribution in [3.8, 4) is 5.75 Å². The summed E-state index contributed by atoms with van der Waals surface area (Å²) in [6, 6.07) is 18.1. The molecule has 3 aromatic rings. The Labute approximate surface area is 165 Å². The largest absolute Gasteiger partial charge is 0.494 e. The maximum atomic E-state index is 12.0. The second kappa shape index (κ2) is 9.95. The van der Waals surface area contributed by atoms with Crippen molar-refractivity contribution in [1.29, 1.82) is 0 Å². The minimum atomic E-state index is -0.0421. The van der Waals surface area contributed by atoms with Crippen LogP contribution in [0.4, 0.5) is 0 Å². The van der Waals surface area contributed by atoms with E-state index in [1.807, 2.05) is 42.5 Å². The number of ether oxygens (including phenoxy) is 2. The Kier molecular flexibility index (Phi) is 7.09. The molecule has 0 aliphatic carbocycles. The van der Waals surface area contributed by atoms with Crippen LogP contribution < -0.4 is 10.3 Å². The first-order chi connectivity index (χ1) is 13.6. The molecule has 0 spiro atoms. The van der Waals surface area contributed by atoms with Crippen LogP contribution in [0.5, 0.6) is 5.75 Å². The van der Waals surface area contributed by atoms with E-state index in [4.69, 9.17) is 9.47 Å². The molecular formula is C23H28N2O3. The zero-order valence-corrected chi connectivity index (χ0v) is 16.5. The van der Waals surface area contributed by atoms with Crippen LogP contribution in [0.1, 0.15) is 48.6 Å². The SMILES string of the molecule is CC(C)c1[nH][nH]c(=O)c1Cc1ccc(OCCCOCc2ccccc2)cc1. The zero-order chi connectivity index (χ0) is 19.8. The van der Waals surface area contributed by atoms with Crippen molar-refractivity contribution in [3.05, 3.63) is 87.3 Å². The Morgan fingerprint density at radius 2 is 1.64 bits per heavy atom. The summed E-state index contributed by atoms with van der Waals surface area (Å²) in [5, 5.41) is 5.67. The standard InChI is InChI=1S/C23H28N2O3/c1-17(2)22-21(23(26)25-24-22)15-18-9-11-20(12-10-18)28-14-6-13-27-16-19-7-4-3-5-8-19/h3-5,7-12,17H,6,13-16H2,1-2H3,(H2,24,25,26). The van der Waals surface area contributed by atoms with Crippen LogP contribution in [0.3, 0.4) is 0 Å². The van der Waals surface area contributed by atoms with Gasteiger partial charge in [-0.15, -0.1) is 0 Å². The van der Waals surface area contributed by atoms with Gasteiger partial charge in [0.2, 0.25) is 0 Å². The van der Waals surface area contributed by atoms with Gasteiger partial charge in [0.1, 0.15) is 5.75 Å². The van der Waals surface area contributed by atoms with E-state index in [1.54, 1.807) is 0 Å². The first-order valence-corrected chi connectivity index (χ1v) is 9.76. The third kappa shape index (κ3) is 5.60. The number of aromatic nitrogens is 2. The van der Waals surface area contributed by atoms with Crippen molar-refractivity contribution >= 4 is 0 Å². The number of aromatic amines is 2. The van der Waals surface area contributed by atoms with Gasteiger partial charge in [-0.1, -0.05) is 56.3 Å². The molecule has 5 heteroatoms. The lowest BCUT2D eigenvalue weighted by Gasteiger charge is -2.09. The zero-order valence-electron chi connectivity index (χ0n) is 16.5. The Bertz CT molecular complexity index is 896. The van der Waals surface area contributed by atoms with Gasteiger partial charge in [0.25, 0.3) is 5.56 Å². The quantitative estimate of drug-likeness (QED) is 0.512. The average molecular weight is 380 g/mol. The van der Waals surface area contributed by atoms with Crippen molar-refractivity contribution in [2.24, 2.45) is 0 Å². The van der Waals surface area contributed by atoms with Gasteiger partial charge in [-0.05, 0) is 29.2 Å². The Balaban J connectivity index is 1.41. The van der Waals surface area contributed by atoms with Gasteiger partial charge in [-0.3, -0.25) is 9.89 Å². The molecular weight excluding hydrogens is 352 g/mol. The average Bonchev–Trinajstić information content (AvgIpc) is 3.07. The molecule has 0 radical (unpaired) electrons. The van der Waals surface area contributed by atoms with Crippen molar-refractivity contribution in [1.82, 2.24) is 10.2 Å². The first kappa shape index (κ1) is 20.0. The highest BCUT2D eigenvalue weighted by molar-refractivity contribution is 5.32. The molecule has 1 aromatic heterocycles. The lowest BCUT2D eigenvalue weighted by atomic mass is 10.00. The molecule has 0 aliphatic rings. The molecule has 5 nitrogen and oxygen atoms in total. The van der Waals surface area contributed by atoms with Gasteiger partial charge in [-0.25, -0.2) is 0 Å². The Hall–Kier alpha value is -2.79. The fraction of sp³-hybridized carbons (Fsp3) is 0.348. The van der Waals surface area contributed by atoms with Crippen molar-refractivity contribution in [2.75, 3.05) is 13.2 Å². The van der Waals surface area contributed by atoms with Gasteiger partial charge in [0, 0.05) is 24.1 Å². The van der Waals surface area contributed by atoms with Crippen molar-refractivity contribution in [2.45, 2.75) is 39.2 Å². The molecule has 3 rings (SSSR count). The summed E-state index contributed by atoms with van der Waals surface area (Å²) in [5.41, 5.74) is 4.01. The molecule has 28 heavy (non-hydrogen) atoms. The highest BCUT2D eigenvalue weighted by Crippen LogP contribution is 2.19. The third-order valence-corrected chi connectivity index (χ3v) is 4.60. The number of H-pyrrole nitrogens is 2. The molecule has 0 fully saturated rings. The second-order valence-electron chi connectivity index (χ2n) is 7.19. The van der Waals surface area contributed by atoms with E-state index in [1.165, 1.54) is 5.56 Å². The van der Waals surface area contributed by atoms with Gasteiger partial charge in [0.05, 0.1) is 19.8 Å². The molecule has 0 atom stereocenters. The molecule has 0 bridgehead atoms. The van der Waals surface area contributed by atoms with Crippen molar-refractivity contribution < 1.29 is 9.47 Å². The van der Waals surface area contributed by atoms with Crippen LogP contribution in [-0.2, 0) is 17.8 Å². The van der Waals surface area contributed by atoms with Crippen LogP contribution in [0.2, 0.25) is 0 Å². The maximum Gasteiger partial charge on any atom is 0.267 e. The summed E-state index contributed by atoms with van der Waals surface area (Å²) in [5.74, 6) is 1.11. The maximum absolute atomic E-state index is 12.0. The minimum Gasteiger partial charge on any atom is -0.494 e. The van der Waals surface area contributed by atoms with Crippen LogP contribution in [0.15, 0.2) is 59.4 Å². The van der Waals surface area contributed by atoms with Crippen molar-refractivity contribution in [3.63, 3.8) is 0 Å². The van der Waals surface area contributed by atoms with Crippen LogP contribution in [0.25, 0.3) is 0 Å². The normalized spacial score (nSPS) is 11.1. The van der Waals surface area contributed by atoms with E-state index in [0.717, 1.165) is 29.0 Å². The smallest absolute Gasteiger partial charge is 0.267 e. The number of hydrogen-bond donors (Lipinski definition) is 2. The number of nitrogens with one attached hydrogen (secondary N) is 2. The van der Waals surface area contributed by atoms with E-state index in [2.05, 4.69) is 36.2 Å². The molecule has 0 saturated heterocycles. The number of benzene rings is 2. The Morgan fingerprint density at radius 1 is 0.893 bits per heavy atom. The lowest BCUT2D eigenvalue weighted by Crippen LogP contribution is -2.08. The predicted molar refractivity (Wildman–Crippen MR) is 111 cm³/mol. The van der Waals surface area contributed by atoms with E-state index >= 15 is 0 Å². The van der Waals surface area contributed by atoms with Gasteiger partial charge in [-0.2, -0.15) is 0 Å². The van der Waals surface area contributed by atoms with E-state index in [9.17, 15) is 4.79 Å². The summed E-state index contributed by atoms with van der Waals surface area (Å²) in [4.78, 5) is 12.0. The molecule has 0 aliphatic heterocycles. The summed E-state index contributed by atoms with van der Waals surface area (Å²) in [6.45, 7) is 6.06. The fourth-order valence-corrected chi connectivity index (χ4v) is 3.09. The second-order valence-corrected chi connectivity index (χ2v) is 7.19. The van der Waals surface area contributed by atoms with Crippen LogP contribution in [0, 0.1) is 0 Å². The van der Waals surface area contributed by atoms with Crippen LogP contribution in [-0.4, -0.2) is 23.4 Å². The monoisotopic (exact) mass is 380 g/mol. The van der Waals surface area contributed by atoms with E-state index in [-0.39, 0.29) is 11.5 Å². The number of hydrogen-bond acceptors (Lipinski definition) is 3. The first-order valence-electron chi connectivity index (χ1n) is 9.76. The molecule has 0 unspecified atom stereocenters. The Morgan fingerprint density at radius 3 is 2.36 bits per heavy atom. The predicted octanol–water partition coefficient (Wildman–Crippen LogP) is 4.40. The summed E-state index contributed by atoms with van der Waals surface area (Å²) >= 11 is 0. The molecule has 2 N–H and O–H groups in total. The topological polar surface area (TPSA) is 67.1 Å². The highest BCUT2D eigenvalue weighted by Gasteiger charge is 2.13. The fourth-order valence-electron chi connectivity index (χ4n) is 3.09. The summed E-state index contributed by atoms with van der Waals surface area (Å²) < 4.78 is 11.4. The van der Waals surface area contributed by atoms with Gasteiger partial charge < -0.3 is 14.6 Å². The molecule has 2 aromatic carbocycles. The number of rotatable bonds is 10. The molecule has 148 valence electrons. The minimum absolute atomic E-state index is 0.0421. The lowest BCUT2D eigenvalue weighted by molar-refractivity contribution is 0.107. The molecule has 0 saturated carbocycles. The molecule has 1 heterocycles. The highest BCUT2D eigenvalue weighted by atomic mass is 16.5. The van der Waals surface area contributed by atoms with Gasteiger partial charge in [0.15, 0.2) is 0 Å². The summed E-state index contributed by atoms with van der Waals surface area (Å²) in [6.07, 6.45) is 1.45. The van der Waals surface area contributed by atoms with Crippen LogP contribution >= 0.6 is 0 Å². The van der Waals surface area contributed by atoms with E-state index in [0.29, 0.717) is 26.2 Å². The third-order valence-electron chi connectivity index (χ3n) is 4.60. The summed E-state index contributed by atoms with van der Waals surface area (Å²) in [7, 11) is 0. The van der Waals surface area contributed by atoms with Gasteiger partial charge >= 0.3 is 0 Å².